The number of rotatable bonds is 15. The summed E-state index contributed by atoms with van der Waals surface area (Å²) in [5.41, 5.74) is 0. The molecule has 0 spiro atoms. The number of ether oxygens (including phenoxy) is 3. The molecule has 0 aliphatic heterocycles. The van der Waals surface area contributed by atoms with Gasteiger partial charge in [0.25, 0.3) is 0 Å². The van der Waals surface area contributed by atoms with E-state index in [1.54, 1.807) is 0 Å². The van der Waals surface area contributed by atoms with Crippen LogP contribution in [0.5, 0.6) is 0 Å². The molecule has 0 radical (unpaired) electrons. The molecule has 0 aromatic rings. The minimum Gasteiger partial charge on any atom is -0.379 e. The molecule has 0 N–H and O–H groups in total. The van der Waals surface area contributed by atoms with Gasteiger partial charge < -0.3 is 14.2 Å². The molecule has 1 aliphatic rings. The van der Waals surface area contributed by atoms with Crippen molar-refractivity contribution >= 4 is 11.6 Å². The van der Waals surface area contributed by atoms with Gasteiger partial charge in [-0.2, -0.15) is 0 Å². The lowest BCUT2D eigenvalue weighted by molar-refractivity contribution is 0.0100. The molecule has 1 rings (SSSR count). The van der Waals surface area contributed by atoms with Crippen molar-refractivity contribution in [1.29, 1.82) is 0 Å². The van der Waals surface area contributed by atoms with Crippen LogP contribution in [0.25, 0.3) is 0 Å². The minimum absolute atomic E-state index is 0.649. The maximum absolute atomic E-state index is 5.80. The van der Waals surface area contributed by atoms with E-state index in [1.807, 2.05) is 0 Å². The predicted molar refractivity (Wildman–Crippen MR) is 82.7 cm³/mol. The van der Waals surface area contributed by atoms with Crippen molar-refractivity contribution in [3.8, 4) is 0 Å². The van der Waals surface area contributed by atoms with Crippen molar-refractivity contribution in [3.05, 3.63) is 0 Å². The Morgan fingerprint density at radius 2 is 1.50 bits per heavy atom. The van der Waals surface area contributed by atoms with Gasteiger partial charge in [-0.3, -0.25) is 4.90 Å². The van der Waals surface area contributed by atoms with Gasteiger partial charge in [-0.25, -0.2) is 0 Å². The first kappa shape index (κ1) is 18.2. The smallest absolute Gasteiger partial charge is 0.0701 e. The molecule has 0 unspecified atom stereocenters. The van der Waals surface area contributed by atoms with Crippen LogP contribution in [-0.4, -0.2) is 69.6 Å². The van der Waals surface area contributed by atoms with Crippen LogP contribution in [-0.2, 0) is 14.2 Å². The van der Waals surface area contributed by atoms with Crippen molar-refractivity contribution in [1.82, 2.24) is 4.90 Å². The van der Waals surface area contributed by atoms with Crippen LogP contribution in [0.1, 0.15) is 32.6 Å². The molecule has 0 amide bonds. The van der Waals surface area contributed by atoms with Gasteiger partial charge in [0.2, 0.25) is 0 Å². The fourth-order valence-corrected chi connectivity index (χ4v) is 2.21. The predicted octanol–water partition coefficient (Wildman–Crippen LogP) is 2.54. The Bertz CT molecular complexity index is 215. The van der Waals surface area contributed by atoms with E-state index in [-0.39, 0.29) is 0 Å². The SMILES string of the molecule is CCCCOCCOCCOCCN(CCCl)C1CC1. The number of halogens is 1. The molecule has 0 heterocycles. The van der Waals surface area contributed by atoms with Crippen molar-refractivity contribution in [3.63, 3.8) is 0 Å². The molecule has 0 saturated heterocycles. The maximum atomic E-state index is 5.80. The molecule has 0 bridgehead atoms. The maximum Gasteiger partial charge on any atom is 0.0701 e. The Morgan fingerprint density at radius 3 is 2.05 bits per heavy atom. The highest BCUT2D eigenvalue weighted by molar-refractivity contribution is 6.18. The molecule has 0 aromatic carbocycles. The van der Waals surface area contributed by atoms with Crippen molar-refractivity contribution in [2.45, 2.75) is 38.6 Å². The molecule has 1 fully saturated rings. The molecule has 0 aromatic heterocycles. The Kier molecular flexibility index (Phi) is 11.7. The first-order valence-corrected chi connectivity index (χ1v) is 8.45. The second-order valence-electron chi connectivity index (χ2n) is 5.15. The fraction of sp³-hybridized carbons (Fsp3) is 1.00. The molecular formula is C15H30ClNO3. The van der Waals surface area contributed by atoms with E-state index in [1.165, 1.54) is 19.3 Å². The monoisotopic (exact) mass is 307 g/mol. The van der Waals surface area contributed by atoms with E-state index >= 15 is 0 Å². The fourth-order valence-electron chi connectivity index (χ4n) is 2.00. The van der Waals surface area contributed by atoms with Crippen molar-refractivity contribution < 1.29 is 14.2 Å². The number of hydrogen-bond acceptors (Lipinski definition) is 4. The summed E-state index contributed by atoms with van der Waals surface area (Å²) in [6, 6.07) is 0.758. The van der Waals surface area contributed by atoms with E-state index in [0.717, 1.165) is 38.8 Å². The quantitative estimate of drug-likeness (QED) is 0.344. The lowest BCUT2D eigenvalue weighted by Gasteiger charge is -2.20. The van der Waals surface area contributed by atoms with Crippen LogP contribution < -0.4 is 0 Å². The van der Waals surface area contributed by atoms with Gasteiger partial charge >= 0.3 is 0 Å². The number of unbranched alkanes of at least 4 members (excludes halogenated alkanes) is 1. The normalized spacial score (nSPS) is 15.2. The lowest BCUT2D eigenvalue weighted by Crippen LogP contribution is -2.31. The van der Waals surface area contributed by atoms with Crippen molar-refractivity contribution in [2.24, 2.45) is 0 Å². The number of alkyl halides is 1. The van der Waals surface area contributed by atoms with Crippen LogP contribution in [0.15, 0.2) is 0 Å². The Balaban J connectivity index is 1.77. The third-order valence-electron chi connectivity index (χ3n) is 3.34. The zero-order valence-corrected chi connectivity index (χ0v) is 13.6. The first-order chi connectivity index (χ1) is 9.88. The zero-order valence-electron chi connectivity index (χ0n) is 12.8. The van der Waals surface area contributed by atoms with Gasteiger partial charge in [-0.05, 0) is 19.3 Å². The number of hydrogen-bond donors (Lipinski definition) is 0. The topological polar surface area (TPSA) is 30.9 Å². The van der Waals surface area contributed by atoms with Crippen molar-refractivity contribution in [2.75, 3.05) is 58.6 Å². The summed E-state index contributed by atoms with van der Waals surface area (Å²) in [5.74, 6) is 0.706. The molecule has 1 saturated carbocycles. The number of nitrogens with zero attached hydrogens (tertiary/aromatic N) is 1. The summed E-state index contributed by atoms with van der Waals surface area (Å²) in [6.45, 7) is 8.38. The summed E-state index contributed by atoms with van der Waals surface area (Å²) in [5, 5.41) is 0. The molecule has 4 nitrogen and oxygen atoms in total. The van der Waals surface area contributed by atoms with Gasteiger partial charge in [-0.1, -0.05) is 13.3 Å². The Hall–Kier alpha value is 0.130. The molecule has 20 heavy (non-hydrogen) atoms. The van der Waals surface area contributed by atoms with Crippen LogP contribution >= 0.6 is 11.6 Å². The van der Waals surface area contributed by atoms with Crippen LogP contribution in [0.3, 0.4) is 0 Å². The van der Waals surface area contributed by atoms with Gasteiger partial charge in [0.1, 0.15) is 0 Å². The van der Waals surface area contributed by atoms with E-state index in [9.17, 15) is 0 Å². The zero-order chi connectivity index (χ0) is 14.5. The highest BCUT2D eigenvalue weighted by Crippen LogP contribution is 2.26. The third kappa shape index (κ3) is 9.94. The summed E-state index contributed by atoms with van der Waals surface area (Å²) in [7, 11) is 0. The van der Waals surface area contributed by atoms with E-state index in [0.29, 0.717) is 32.3 Å². The second kappa shape index (κ2) is 12.8. The molecular weight excluding hydrogens is 278 g/mol. The van der Waals surface area contributed by atoms with Crippen LogP contribution in [0, 0.1) is 0 Å². The van der Waals surface area contributed by atoms with Gasteiger partial charge in [0, 0.05) is 31.6 Å². The second-order valence-corrected chi connectivity index (χ2v) is 5.52. The van der Waals surface area contributed by atoms with Gasteiger partial charge in [-0.15, -0.1) is 11.6 Å². The lowest BCUT2D eigenvalue weighted by atomic mass is 10.4. The Morgan fingerprint density at radius 1 is 0.900 bits per heavy atom. The summed E-state index contributed by atoms with van der Waals surface area (Å²) >= 11 is 5.80. The first-order valence-electron chi connectivity index (χ1n) is 7.91. The largest absolute Gasteiger partial charge is 0.379 e. The third-order valence-corrected chi connectivity index (χ3v) is 3.51. The standard InChI is InChI=1S/C15H30ClNO3/c1-2-3-9-18-11-13-20-14-12-19-10-8-17(7-6-16)15-4-5-15/h15H,2-14H2,1H3. The van der Waals surface area contributed by atoms with Crippen LogP contribution in [0.4, 0.5) is 0 Å². The minimum atomic E-state index is 0.649. The highest BCUT2D eigenvalue weighted by atomic mass is 35.5. The summed E-state index contributed by atoms with van der Waals surface area (Å²) in [6.07, 6.45) is 4.94. The molecule has 5 heteroatoms. The van der Waals surface area contributed by atoms with Gasteiger partial charge in [0.05, 0.1) is 33.0 Å². The average molecular weight is 308 g/mol. The Labute approximate surface area is 128 Å². The molecule has 1 aliphatic carbocycles. The van der Waals surface area contributed by atoms with Crippen LogP contribution in [0.2, 0.25) is 0 Å². The summed E-state index contributed by atoms with van der Waals surface area (Å²) in [4.78, 5) is 2.43. The molecule has 0 atom stereocenters. The van der Waals surface area contributed by atoms with E-state index in [4.69, 9.17) is 25.8 Å². The molecule has 120 valence electrons. The van der Waals surface area contributed by atoms with Gasteiger partial charge in [0.15, 0.2) is 0 Å². The highest BCUT2D eigenvalue weighted by Gasteiger charge is 2.27. The average Bonchev–Trinajstić information content (AvgIpc) is 3.28. The summed E-state index contributed by atoms with van der Waals surface area (Å²) < 4.78 is 16.4. The van der Waals surface area contributed by atoms with E-state index in [2.05, 4.69) is 11.8 Å². The van der Waals surface area contributed by atoms with E-state index < -0.39 is 0 Å².